The van der Waals surface area contributed by atoms with Gasteiger partial charge in [0.05, 0.1) is 0 Å². The fraction of sp³-hybridized carbons (Fsp3) is 0. The van der Waals surface area contributed by atoms with Crippen LogP contribution in [0.4, 0.5) is 5.69 Å². The first-order valence-electron chi connectivity index (χ1n) is 4.67. The highest BCUT2D eigenvalue weighted by Gasteiger charge is 2.29. The summed E-state index contributed by atoms with van der Waals surface area (Å²) in [5.41, 5.74) is 5.04. The second kappa shape index (κ2) is 3.46. The molecule has 0 amide bonds. The average molecular weight is 212 g/mol. The van der Waals surface area contributed by atoms with Crippen molar-refractivity contribution in [2.75, 3.05) is 0 Å². The Bertz CT molecular complexity index is 520. The van der Waals surface area contributed by atoms with Crippen LogP contribution in [0.2, 0.25) is 0 Å². The lowest BCUT2D eigenvalue weighted by Crippen LogP contribution is -2.28. The van der Waals surface area contributed by atoms with E-state index in [1.54, 1.807) is 11.8 Å². The number of benzene rings is 1. The van der Waals surface area contributed by atoms with E-state index in [0.717, 1.165) is 11.4 Å². The maximum absolute atomic E-state index is 4.27. The Morgan fingerprint density at radius 2 is 1.93 bits per heavy atom. The van der Waals surface area contributed by atoms with Crippen molar-refractivity contribution < 1.29 is 4.57 Å². The molecule has 0 fully saturated rings. The summed E-state index contributed by atoms with van der Waals surface area (Å²) in [5, 5.41) is 0. The maximum atomic E-state index is 4.27. The highest BCUT2D eigenvalue weighted by molar-refractivity contribution is 8.12. The van der Waals surface area contributed by atoms with Crippen molar-refractivity contribution in [3.63, 3.8) is 0 Å². The summed E-state index contributed by atoms with van der Waals surface area (Å²) in [6, 6.07) is 12.2. The highest BCUT2D eigenvalue weighted by atomic mass is 32.2. The number of nitrogens with zero attached hydrogens (tertiary/aromatic N) is 2. The molecule has 0 atom stereocenters. The van der Waals surface area contributed by atoms with E-state index in [2.05, 4.69) is 27.2 Å². The predicted molar refractivity (Wildman–Crippen MR) is 60.9 cm³/mol. The second-order valence-corrected chi connectivity index (χ2v) is 4.04. The van der Waals surface area contributed by atoms with Gasteiger partial charge in [-0.25, -0.2) is 0 Å². The molecule has 1 aromatic carbocycles. The van der Waals surface area contributed by atoms with Gasteiger partial charge in [0.1, 0.15) is 11.8 Å². The lowest BCUT2D eigenvalue weighted by molar-refractivity contribution is -0.595. The topological polar surface area (TPSA) is 16.2 Å². The van der Waals surface area contributed by atoms with Crippen molar-refractivity contribution in [3.8, 4) is 5.69 Å². The molecular weight excluding hydrogens is 204 g/mol. The van der Waals surface area contributed by atoms with Crippen molar-refractivity contribution in [3.05, 3.63) is 48.8 Å². The molecule has 70 valence electrons. The summed E-state index contributed by atoms with van der Waals surface area (Å²) >= 11 is 1.55. The molecule has 0 radical (unpaired) electrons. The van der Waals surface area contributed by atoms with Crippen LogP contribution < -0.4 is 4.57 Å². The molecule has 0 aliphatic carbocycles. The summed E-state index contributed by atoms with van der Waals surface area (Å²) in [6.07, 6.45) is 4.04. The quantitative estimate of drug-likeness (QED) is 0.524. The van der Waals surface area contributed by atoms with Crippen LogP contribution in [0.25, 0.3) is 5.69 Å². The van der Waals surface area contributed by atoms with Crippen LogP contribution in [0.5, 0.6) is 0 Å². The van der Waals surface area contributed by atoms with Gasteiger partial charge in [-0.15, -0.1) is 4.57 Å². The third-order valence-corrected chi connectivity index (χ3v) is 3.02. The summed E-state index contributed by atoms with van der Waals surface area (Å²) in [7, 11) is 0. The van der Waals surface area contributed by atoms with Crippen LogP contribution in [0, 0.1) is 0 Å². The summed E-state index contributed by atoms with van der Waals surface area (Å²) in [4.78, 5) is 5.44. The Balaban J connectivity index is 2.21. The van der Waals surface area contributed by atoms with Gasteiger partial charge < -0.3 is 0 Å². The van der Waals surface area contributed by atoms with E-state index < -0.39 is 0 Å². The Morgan fingerprint density at radius 3 is 2.80 bits per heavy atom. The molecule has 0 saturated heterocycles. The number of rotatable bonds is 1. The van der Waals surface area contributed by atoms with Crippen molar-refractivity contribution in [2.45, 2.75) is 4.90 Å². The van der Waals surface area contributed by atoms with E-state index in [-0.39, 0.29) is 0 Å². The van der Waals surface area contributed by atoms with Gasteiger partial charge in [0, 0.05) is 23.2 Å². The smallest absolute Gasteiger partial charge is 0.148 e. The number of hydrogen-bond acceptors (Lipinski definition) is 2. The van der Waals surface area contributed by atoms with Gasteiger partial charge in [-0.05, 0) is 6.07 Å². The van der Waals surface area contributed by atoms with Crippen molar-refractivity contribution in [1.82, 2.24) is 0 Å². The Kier molecular flexibility index (Phi) is 1.98. The van der Waals surface area contributed by atoms with E-state index >= 15 is 0 Å². The number of aromatic nitrogens is 1. The molecule has 0 saturated carbocycles. The zero-order chi connectivity index (χ0) is 10.1. The molecule has 2 heterocycles. The van der Waals surface area contributed by atoms with Gasteiger partial charge in [0.2, 0.25) is 0 Å². The molecule has 0 spiro atoms. The maximum Gasteiger partial charge on any atom is 0.321 e. The Hall–Kier alpha value is -1.70. The number of fused-ring (bicyclic) bond motifs is 1. The van der Waals surface area contributed by atoms with Crippen LogP contribution in [0.15, 0.2) is 58.7 Å². The third kappa shape index (κ3) is 1.42. The fourth-order valence-electron chi connectivity index (χ4n) is 1.59. The lowest BCUT2D eigenvalue weighted by Gasteiger charge is -1.92. The van der Waals surface area contributed by atoms with E-state index in [1.165, 1.54) is 4.90 Å². The zero-order valence-electron chi connectivity index (χ0n) is 7.92. The highest BCUT2D eigenvalue weighted by Crippen LogP contribution is 2.36. The van der Waals surface area contributed by atoms with E-state index in [9.17, 15) is 0 Å². The number of aliphatic imine (C=N–C) groups is 1. The Labute approximate surface area is 92.3 Å². The van der Waals surface area contributed by atoms with Crippen molar-refractivity contribution >= 4 is 23.0 Å². The molecule has 15 heavy (non-hydrogen) atoms. The van der Waals surface area contributed by atoms with Gasteiger partial charge >= 0.3 is 11.4 Å². The van der Waals surface area contributed by atoms with Crippen LogP contribution >= 0.6 is 11.8 Å². The van der Waals surface area contributed by atoms with Crippen LogP contribution in [0.3, 0.4) is 0 Å². The van der Waals surface area contributed by atoms with Crippen LogP contribution in [-0.4, -0.2) is 5.55 Å². The second-order valence-electron chi connectivity index (χ2n) is 3.21. The van der Waals surface area contributed by atoms with Crippen LogP contribution in [0.1, 0.15) is 0 Å². The standard InChI is InChI=1S/C12H8N2S/c1-2-7-14(8-3-1)10-5-4-6-11-12(10)13-9-15-11/h1-8H/q+2. The SMILES string of the molecule is [C+]1=Nc2c(cccc2-[n+]2ccccc2)S1. The zero-order valence-corrected chi connectivity index (χ0v) is 8.74. The number of thioether (sulfide) groups is 1. The molecule has 0 unspecified atom stereocenters. The average Bonchev–Trinajstić information content (AvgIpc) is 2.78. The molecule has 2 aromatic rings. The molecule has 1 aliphatic rings. The van der Waals surface area contributed by atoms with Crippen molar-refractivity contribution in [2.24, 2.45) is 4.99 Å². The summed E-state index contributed by atoms with van der Waals surface area (Å²) in [6.45, 7) is 0. The monoisotopic (exact) mass is 212 g/mol. The number of pyridine rings is 1. The van der Waals surface area contributed by atoms with Gasteiger partial charge in [-0.2, -0.15) is 0 Å². The minimum atomic E-state index is 1.01. The lowest BCUT2D eigenvalue weighted by atomic mass is 10.2. The summed E-state index contributed by atoms with van der Waals surface area (Å²) < 4.78 is 2.07. The molecule has 2 nitrogen and oxygen atoms in total. The van der Waals surface area contributed by atoms with E-state index in [4.69, 9.17) is 0 Å². The molecule has 3 heteroatoms. The van der Waals surface area contributed by atoms with Gasteiger partial charge in [0.15, 0.2) is 17.3 Å². The normalized spacial score (nSPS) is 12.3. The molecule has 1 aromatic heterocycles. The minimum absolute atomic E-state index is 1.01. The van der Waals surface area contributed by atoms with Gasteiger partial charge in [0.25, 0.3) is 5.55 Å². The predicted octanol–water partition coefficient (Wildman–Crippen LogP) is 2.61. The van der Waals surface area contributed by atoms with Crippen LogP contribution in [-0.2, 0) is 0 Å². The minimum Gasteiger partial charge on any atom is -0.148 e. The molecule has 0 bridgehead atoms. The number of para-hydroxylation sites is 1. The number of hydrogen-bond donors (Lipinski definition) is 0. The fourth-order valence-corrected chi connectivity index (χ4v) is 2.22. The first kappa shape index (κ1) is 8.60. The molecule has 0 N–H and O–H groups in total. The first-order valence-corrected chi connectivity index (χ1v) is 5.49. The van der Waals surface area contributed by atoms with E-state index in [0.29, 0.717) is 0 Å². The van der Waals surface area contributed by atoms with Gasteiger partial charge in [-0.1, -0.05) is 12.1 Å². The molecule has 3 rings (SSSR count). The third-order valence-electron chi connectivity index (χ3n) is 2.28. The molecular formula is C12H8N2S+2. The van der Waals surface area contributed by atoms with Crippen molar-refractivity contribution in [1.29, 1.82) is 0 Å². The van der Waals surface area contributed by atoms with E-state index in [1.807, 2.05) is 36.7 Å². The molecule has 1 aliphatic heterocycles. The largest absolute Gasteiger partial charge is 0.321 e. The summed E-state index contributed by atoms with van der Waals surface area (Å²) in [5.74, 6) is 0. The Morgan fingerprint density at radius 1 is 1.07 bits per heavy atom. The first-order chi connectivity index (χ1) is 7.45. The van der Waals surface area contributed by atoms with Gasteiger partial charge in [-0.3, -0.25) is 0 Å².